The number of benzene rings is 2. The minimum atomic E-state index is -0.793. The summed E-state index contributed by atoms with van der Waals surface area (Å²) in [6.45, 7) is 0. The van der Waals surface area contributed by atoms with Crippen molar-refractivity contribution in [3.05, 3.63) is 65.2 Å². The molecule has 2 N–H and O–H groups in total. The van der Waals surface area contributed by atoms with E-state index in [0.29, 0.717) is 29.7 Å². The molecule has 5 heteroatoms. The second kappa shape index (κ2) is 6.17. The van der Waals surface area contributed by atoms with E-state index >= 15 is 0 Å². The number of amides is 1. The molecule has 2 aromatic rings. The molecule has 1 fully saturated rings. The molecule has 0 atom stereocenters. The van der Waals surface area contributed by atoms with Crippen molar-refractivity contribution in [3.8, 4) is 6.07 Å². The fraction of sp³-hybridized carbons (Fsp3) is 0.211. The van der Waals surface area contributed by atoms with Gasteiger partial charge in [0.15, 0.2) is 0 Å². The Balaban J connectivity index is 1.76. The van der Waals surface area contributed by atoms with E-state index in [4.69, 9.17) is 5.26 Å². The molecular weight excluding hydrogens is 304 g/mol. The Labute approximate surface area is 139 Å². The molecule has 0 spiro atoms. The van der Waals surface area contributed by atoms with E-state index in [1.54, 1.807) is 42.5 Å². The highest BCUT2D eigenvalue weighted by atomic mass is 16.4. The summed E-state index contributed by atoms with van der Waals surface area (Å²) in [5.41, 5.74) is 1.41. The zero-order valence-electron chi connectivity index (χ0n) is 13.0. The predicted octanol–water partition coefficient (Wildman–Crippen LogP) is 3.32. The summed E-state index contributed by atoms with van der Waals surface area (Å²) in [5.74, 6) is -1.10. The highest BCUT2D eigenvalue weighted by molar-refractivity contribution is 6.04. The van der Waals surface area contributed by atoms with Gasteiger partial charge in [-0.25, -0.2) is 0 Å². The van der Waals surface area contributed by atoms with Crippen LogP contribution in [0.4, 0.5) is 5.69 Å². The molecule has 0 aliphatic heterocycles. The third-order valence-corrected chi connectivity index (χ3v) is 4.57. The van der Waals surface area contributed by atoms with Gasteiger partial charge in [0, 0.05) is 11.3 Å². The van der Waals surface area contributed by atoms with Crippen LogP contribution < -0.4 is 5.32 Å². The van der Waals surface area contributed by atoms with Crippen LogP contribution in [-0.2, 0) is 10.2 Å². The Morgan fingerprint density at radius 2 is 1.83 bits per heavy atom. The molecule has 1 aliphatic rings. The maximum atomic E-state index is 12.2. The zero-order valence-corrected chi connectivity index (χ0v) is 13.0. The van der Waals surface area contributed by atoms with Crippen LogP contribution in [-0.4, -0.2) is 17.0 Å². The molecule has 1 saturated carbocycles. The second-order valence-corrected chi connectivity index (χ2v) is 5.96. The van der Waals surface area contributed by atoms with E-state index < -0.39 is 11.4 Å². The molecule has 5 nitrogen and oxygen atoms in total. The van der Waals surface area contributed by atoms with Gasteiger partial charge in [0.1, 0.15) is 0 Å². The molecule has 0 saturated heterocycles. The standard InChI is InChI=1S/C19H16N2O3/c20-12-13-3-1-4-14(11-13)17(22)21-16-7-5-15(6-8-16)19(18(23)24)9-2-10-19/h1,3-8,11H,2,9-10H2,(H,21,22)(H,23,24). The van der Waals surface area contributed by atoms with Gasteiger partial charge in [-0.05, 0) is 48.7 Å². The van der Waals surface area contributed by atoms with E-state index in [-0.39, 0.29) is 5.91 Å². The maximum Gasteiger partial charge on any atom is 0.314 e. The van der Waals surface area contributed by atoms with Gasteiger partial charge in [-0.2, -0.15) is 5.26 Å². The summed E-state index contributed by atoms with van der Waals surface area (Å²) in [6, 6.07) is 15.4. The molecule has 1 amide bonds. The Bertz CT molecular complexity index is 830. The number of hydrogen-bond donors (Lipinski definition) is 2. The van der Waals surface area contributed by atoms with Gasteiger partial charge in [0.05, 0.1) is 17.0 Å². The molecule has 0 radical (unpaired) electrons. The van der Waals surface area contributed by atoms with Crippen molar-refractivity contribution in [2.75, 3.05) is 5.32 Å². The smallest absolute Gasteiger partial charge is 0.314 e. The Hall–Kier alpha value is -3.13. The minimum Gasteiger partial charge on any atom is -0.481 e. The molecule has 1 aliphatic carbocycles. The Kier molecular flexibility index (Phi) is 4.05. The van der Waals surface area contributed by atoms with Crippen molar-refractivity contribution in [1.29, 1.82) is 5.26 Å². The molecule has 3 rings (SSSR count). The maximum absolute atomic E-state index is 12.2. The molecule has 0 heterocycles. The zero-order chi connectivity index (χ0) is 17.2. The largest absolute Gasteiger partial charge is 0.481 e. The number of rotatable bonds is 4. The number of carbonyl (C=O) groups is 2. The van der Waals surface area contributed by atoms with Gasteiger partial charge >= 0.3 is 5.97 Å². The SMILES string of the molecule is N#Cc1cccc(C(=O)Nc2ccc(C3(C(=O)O)CCC3)cc2)c1. The number of nitriles is 1. The first-order valence-corrected chi connectivity index (χ1v) is 7.71. The van der Waals surface area contributed by atoms with Gasteiger partial charge in [-0.3, -0.25) is 9.59 Å². The van der Waals surface area contributed by atoms with E-state index in [2.05, 4.69) is 5.32 Å². The molecular formula is C19H16N2O3. The van der Waals surface area contributed by atoms with Crippen LogP contribution in [0.3, 0.4) is 0 Å². The van der Waals surface area contributed by atoms with E-state index in [0.717, 1.165) is 12.0 Å². The van der Waals surface area contributed by atoms with Crippen molar-refractivity contribution in [1.82, 2.24) is 0 Å². The van der Waals surface area contributed by atoms with Gasteiger partial charge in [0.25, 0.3) is 5.91 Å². The van der Waals surface area contributed by atoms with Crippen LogP contribution in [0.15, 0.2) is 48.5 Å². The molecule has 0 aromatic heterocycles. The normalized spacial score (nSPS) is 15.0. The number of carboxylic acid groups (broad SMARTS) is 1. The molecule has 0 unspecified atom stereocenters. The molecule has 2 aromatic carbocycles. The third kappa shape index (κ3) is 2.74. The number of aliphatic carboxylic acids is 1. The monoisotopic (exact) mass is 320 g/mol. The number of hydrogen-bond acceptors (Lipinski definition) is 3. The second-order valence-electron chi connectivity index (χ2n) is 5.96. The highest BCUT2D eigenvalue weighted by Gasteiger charge is 2.45. The minimum absolute atomic E-state index is 0.309. The lowest BCUT2D eigenvalue weighted by Crippen LogP contribution is -2.42. The molecule has 24 heavy (non-hydrogen) atoms. The first-order chi connectivity index (χ1) is 11.5. The van der Waals surface area contributed by atoms with Crippen LogP contribution in [0.1, 0.15) is 40.7 Å². The van der Waals surface area contributed by atoms with Gasteiger partial charge in [0.2, 0.25) is 0 Å². The number of nitrogens with one attached hydrogen (secondary N) is 1. The van der Waals surface area contributed by atoms with Gasteiger partial charge < -0.3 is 10.4 Å². The van der Waals surface area contributed by atoms with Crippen LogP contribution in [0.25, 0.3) is 0 Å². The number of anilines is 1. The van der Waals surface area contributed by atoms with E-state index in [9.17, 15) is 14.7 Å². The van der Waals surface area contributed by atoms with Crippen LogP contribution in [0.5, 0.6) is 0 Å². The Morgan fingerprint density at radius 3 is 2.38 bits per heavy atom. The predicted molar refractivity (Wildman–Crippen MR) is 88.7 cm³/mol. The summed E-state index contributed by atoms with van der Waals surface area (Å²) in [7, 11) is 0. The van der Waals surface area contributed by atoms with Gasteiger partial charge in [-0.15, -0.1) is 0 Å². The quantitative estimate of drug-likeness (QED) is 0.904. The fourth-order valence-electron chi connectivity index (χ4n) is 2.96. The van der Waals surface area contributed by atoms with Crippen molar-refractivity contribution in [2.45, 2.75) is 24.7 Å². The summed E-state index contributed by atoms with van der Waals surface area (Å²) >= 11 is 0. The summed E-state index contributed by atoms with van der Waals surface area (Å²) in [6.07, 6.45) is 2.21. The first kappa shape index (κ1) is 15.8. The lowest BCUT2D eigenvalue weighted by Gasteiger charge is -2.38. The molecule has 0 bridgehead atoms. The fourth-order valence-corrected chi connectivity index (χ4v) is 2.96. The lowest BCUT2D eigenvalue weighted by molar-refractivity contribution is -0.147. The number of carboxylic acids is 1. The average molecular weight is 320 g/mol. The van der Waals surface area contributed by atoms with Crippen molar-refractivity contribution in [3.63, 3.8) is 0 Å². The Morgan fingerprint density at radius 1 is 1.12 bits per heavy atom. The first-order valence-electron chi connectivity index (χ1n) is 7.71. The number of nitrogens with zero attached hydrogens (tertiary/aromatic N) is 1. The van der Waals surface area contributed by atoms with E-state index in [1.165, 1.54) is 6.07 Å². The topological polar surface area (TPSA) is 90.2 Å². The van der Waals surface area contributed by atoms with Crippen molar-refractivity contribution >= 4 is 17.6 Å². The van der Waals surface area contributed by atoms with E-state index in [1.807, 2.05) is 6.07 Å². The highest BCUT2D eigenvalue weighted by Crippen LogP contribution is 2.44. The summed E-state index contributed by atoms with van der Waals surface area (Å²) < 4.78 is 0. The van der Waals surface area contributed by atoms with Crippen LogP contribution in [0.2, 0.25) is 0 Å². The van der Waals surface area contributed by atoms with Crippen molar-refractivity contribution in [2.24, 2.45) is 0 Å². The number of carbonyl (C=O) groups excluding carboxylic acids is 1. The average Bonchev–Trinajstić information content (AvgIpc) is 2.55. The molecule has 120 valence electrons. The summed E-state index contributed by atoms with van der Waals surface area (Å²) in [5, 5.41) is 21.1. The third-order valence-electron chi connectivity index (χ3n) is 4.57. The van der Waals surface area contributed by atoms with Crippen LogP contribution >= 0.6 is 0 Å². The van der Waals surface area contributed by atoms with Gasteiger partial charge in [-0.1, -0.05) is 24.6 Å². The lowest BCUT2D eigenvalue weighted by atomic mass is 9.64. The van der Waals surface area contributed by atoms with Crippen molar-refractivity contribution < 1.29 is 14.7 Å². The van der Waals surface area contributed by atoms with Crippen LogP contribution in [0, 0.1) is 11.3 Å². The summed E-state index contributed by atoms with van der Waals surface area (Å²) in [4.78, 5) is 23.7.